The SMILES string of the molecule is CCS(=O)(=O)c1ccccc1C(=O)N1CCC(F)(C(=O)O)C1. The van der Waals surface area contributed by atoms with Crippen molar-refractivity contribution in [2.45, 2.75) is 23.9 Å². The quantitative estimate of drug-likeness (QED) is 0.894. The maximum atomic E-state index is 14.1. The molecule has 1 heterocycles. The second-order valence-electron chi connectivity index (χ2n) is 5.15. The van der Waals surface area contributed by atoms with Gasteiger partial charge in [-0.2, -0.15) is 0 Å². The molecule has 0 bridgehead atoms. The highest BCUT2D eigenvalue weighted by Crippen LogP contribution is 2.28. The van der Waals surface area contributed by atoms with E-state index in [-0.39, 0.29) is 29.2 Å². The van der Waals surface area contributed by atoms with Gasteiger partial charge in [0.2, 0.25) is 5.67 Å². The number of amides is 1. The first-order valence-corrected chi connectivity index (χ1v) is 8.40. The first-order chi connectivity index (χ1) is 10.2. The summed E-state index contributed by atoms with van der Waals surface area (Å²) in [6.07, 6.45) is -0.309. The number of sulfone groups is 1. The first kappa shape index (κ1) is 16.4. The highest BCUT2D eigenvalue weighted by Gasteiger charge is 2.47. The molecule has 8 heteroatoms. The molecule has 0 radical (unpaired) electrons. The number of hydrogen-bond acceptors (Lipinski definition) is 4. The van der Waals surface area contributed by atoms with Gasteiger partial charge in [0.1, 0.15) is 0 Å². The molecule has 1 amide bonds. The zero-order valence-corrected chi connectivity index (χ0v) is 12.8. The Morgan fingerprint density at radius 1 is 1.36 bits per heavy atom. The van der Waals surface area contributed by atoms with E-state index in [1.54, 1.807) is 0 Å². The van der Waals surface area contributed by atoms with Crippen molar-refractivity contribution in [3.05, 3.63) is 29.8 Å². The van der Waals surface area contributed by atoms with Gasteiger partial charge in [0.15, 0.2) is 9.84 Å². The molecular formula is C14H16FNO5S. The Morgan fingerprint density at radius 3 is 2.55 bits per heavy atom. The molecule has 1 unspecified atom stereocenters. The minimum Gasteiger partial charge on any atom is -0.479 e. The van der Waals surface area contributed by atoms with Gasteiger partial charge in [0.25, 0.3) is 5.91 Å². The lowest BCUT2D eigenvalue weighted by Crippen LogP contribution is -2.39. The van der Waals surface area contributed by atoms with Crippen LogP contribution in [-0.4, -0.2) is 54.8 Å². The van der Waals surface area contributed by atoms with Crippen molar-refractivity contribution in [3.63, 3.8) is 0 Å². The third-order valence-electron chi connectivity index (χ3n) is 3.72. The van der Waals surface area contributed by atoms with Crippen LogP contribution in [0, 0.1) is 0 Å². The van der Waals surface area contributed by atoms with Crippen LogP contribution in [0.15, 0.2) is 29.2 Å². The molecule has 1 fully saturated rings. The summed E-state index contributed by atoms with van der Waals surface area (Å²) in [5.74, 6) is -2.45. The summed E-state index contributed by atoms with van der Waals surface area (Å²) < 4.78 is 38.1. The van der Waals surface area contributed by atoms with E-state index in [2.05, 4.69) is 0 Å². The minimum absolute atomic E-state index is 0.0565. The van der Waals surface area contributed by atoms with Gasteiger partial charge in [0, 0.05) is 13.0 Å². The van der Waals surface area contributed by atoms with Crippen LogP contribution in [-0.2, 0) is 14.6 Å². The largest absolute Gasteiger partial charge is 0.479 e. The van der Waals surface area contributed by atoms with Crippen molar-refractivity contribution < 1.29 is 27.5 Å². The number of alkyl halides is 1. The van der Waals surface area contributed by atoms with Crippen molar-refractivity contribution in [2.75, 3.05) is 18.8 Å². The van der Waals surface area contributed by atoms with Gasteiger partial charge in [0.05, 0.1) is 22.8 Å². The van der Waals surface area contributed by atoms with Gasteiger partial charge in [-0.15, -0.1) is 0 Å². The summed E-state index contributed by atoms with van der Waals surface area (Å²) in [5.41, 5.74) is -2.53. The molecule has 1 atom stereocenters. The zero-order chi connectivity index (χ0) is 16.5. The van der Waals surface area contributed by atoms with Crippen LogP contribution >= 0.6 is 0 Å². The van der Waals surface area contributed by atoms with E-state index < -0.39 is 33.9 Å². The normalized spacial score (nSPS) is 21.8. The van der Waals surface area contributed by atoms with Gasteiger partial charge in [-0.25, -0.2) is 17.6 Å². The fourth-order valence-electron chi connectivity index (χ4n) is 2.36. The average molecular weight is 329 g/mol. The molecule has 6 nitrogen and oxygen atoms in total. The number of nitrogens with zero attached hydrogens (tertiary/aromatic N) is 1. The topological polar surface area (TPSA) is 91.8 Å². The third kappa shape index (κ3) is 2.83. The van der Waals surface area contributed by atoms with Crippen molar-refractivity contribution in [3.8, 4) is 0 Å². The lowest BCUT2D eigenvalue weighted by Gasteiger charge is -2.19. The maximum absolute atomic E-state index is 14.1. The van der Waals surface area contributed by atoms with Crippen molar-refractivity contribution in [1.82, 2.24) is 4.90 Å². The molecular weight excluding hydrogens is 313 g/mol. The summed E-state index contributed by atoms with van der Waals surface area (Å²) in [6.45, 7) is 0.813. The number of carbonyl (C=O) groups excluding carboxylic acids is 1. The van der Waals surface area contributed by atoms with Crippen LogP contribution in [0.4, 0.5) is 4.39 Å². The average Bonchev–Trinajstić information content (AvgIpc) is 2.90. The highest BCUT2D eigenvalue weighted by atomic mass is 32.2. The predicted octanol–water partition coefficient (Wildman–Crippen LogP) is 1.12. The Balaban J connectivity index is 2.35. The number of aliphatic carboxylic acids is 1. The Bertz CT molecular complexity index is 718. The number of rotatable bonds is 4. The molecule has 0 saturated carbocycles. The molecule has 120 valence electrons. The number of halogens is 1. The smallest absolute Gasteiger partial charge is 0.343 e. The Morgan fingerprint density at radius 2 is 2.00 bits per heavy atom. The van der Waals surface area contributed by atoms with Gasteiger partial charge < -0.3 is 10.0 Å². The van der Waals surface area contributed by atoms with Crippen LogP contribution in [0.2, 0.25) is 0 Å². The van der Waals surface area contributed by atoms with Crippen molar-refractivity contribution >= 4 is 21.7 Å². The minimum atomic E-state index is -3.61. The van der Waals surface area contributed by atoms with Crippen LogP contribution in [0.3, 0.4) is 0 Å². The molecule has 22 heavy (non-hydrogen) atoms. The maximum Gasteiger partial charge on any atom is 0.343 e. The number of hydrogen-bond donors (Lipinski definition) is 1. The fraction of sp³-hybridized carbons (Fsp3) is 0.429. The molecule has 1 N–H and O–H groups in total. The van der Waals surface area contributed by atoms with E-state index in [9.17, 15) is 22.4 Å². The zero-order valence-electron chi connectivity index (χ0n) is 12.0. The molecule has 1 aliphatic heterocycles. The first-order valence-electron chi connectivity index (χ1n) is 6.74. The third-order valence-corrected chi connectivity index (χ3v) is 5.51. The summed E-state index contributed by atoms with van der Waals surface area (Å²) in [6, 6.07) is 5.68. The van der Waals surface area contributed by atoms with Gasteiger partial charge in [-0.3, -0.25) is 4.79 Å². The molecule has 0 aromatic heterocycles. The number of benzene rings is 1. The number of likely N-dealkylation sites (tertiary alicyclic amines) is 1. The number of carbonyl (C=O) groups is 2. The van der Waals surface area contributed by atoms with Gasteiger partial charge >= 0.3 is 5.97 Å². The van der Waals surface area contributed by atoms with E-state index in [4.69, 9.17) is 5.11 Å². The summed E-state index contributed by atoms with van der Waals surface area (Å²) in [7, 11) is -3.61. The lowest BCUT2D eigenvalue weighted by atomic mass is 10.1. The summed E-state index contributed by atoms with van der Waals surface area (Å²) in [4.78, 5) is 24.3. The van der Waals surface area contributed by atoms with Crippen LogP contribution < -0.4 is 0 Å². The van der Waals surface area contributed by atoms with Crippen molar-refractivity contribution in [1.29, 1.82) is 0 Å². The number of carboxylic acids is 1. The van der Waals surface area contributed by atoms with E-state index in [1.807, 2.05) is 0 Å². The highest BCUT2D eigenvalue weighted by molar-refractivity contribution is 7.91. The molecule has 1 aromatic carbocycles. The van der Waals surface area contributed by atoms with Crippen LogP contribution in [0.5, 0.6) is 0 Å². The Hall–Kier alpha value is -1.96. The van der Waals surface area contributed by atoms with Crippen LogP contribution in [0.25, 0.3) is 0 Å². The monoisotopic (exact) mass is 329 g/mol. The molecule has 2 rings (SSSR count). The summed E-state index contributed by atoms with van der Waals surface area (Å²) >= 11 is 0. The molecule has 0 aliphatic carbocycles. The predicted molar refractivity (Wildman–Crippen MR) is 76.2 cm³/mol. The molecule has 1 saturated heterocycles. The van der Waals surface area contributed by atoms with Crippen LogP contribution in [0.1, 0.15) is 23.7 Å². The van der Waals surface area contributed by atoms with Crippen molar-refractivity contribution in [2.24, 2.45) is 0 Å². The second-order valence-corrected chi connectivity index (χ2v) is 7.39. The van der Waals surface area contributed by atoms with E-state index >= 15 is 0 Å². The van der Waals surface area contributed by atoms with E-state index in [0.717, 1.165) is 4.90 Å². The fourth-order valence-corrected chi connectivity index (χ4v) is 3.45. The standard InChI is InChI=1S/C14H16FNO5S/c1-2-22(20,21)11-6-4-3-5-10(11)12(17)16-8-7-14(15,9-16)13(18)19/h3-6H,2,7-9H2,1H3,(H,18,19). The Labute approximate surface area is 127 Å². The van der Waals surface area contributed by atoms with Gasteiger partial charge in [-0.1, -0.05) is 19.1 Å². The lowest BCUT2D eigenvalue weighted by molar-refractivity contribution is -0.149. The van der Waals surface area contributed by atoms with E-state index in [1.165, 1.54) is 31.2 Å². The molecule has 0 spiro atoms. The number of carboxylic acid groups (broad SMARTS) is 1. The summed E-state index contributed by atoms with van der Waals surface area (Å²) in [5, 5.41) is 8.86. The van der Waals surface area contributed by atoms with Gasteiger partial charge in [-0.05, 0) is 12.1 Å². The Kier molecular flexibility index (Phi) is 4.23. The molecule has 1 aliphatic rings. The van der Waals surface area contributed by atoms with E-state index in [0.29, 0.717) is 0 Å². The molecule has 1 aromatic rings. The second kappa shape index (κ2) is 5.68.